The Kier molecular flexibility index (Phi) is 5.10. The number of rotatable bonds is 5. The molecule has 0 unspecified atom stereocenters. The molecule has 0 fully saturated rings. The summed E-state index contributed by atoms with van der Waals surface area (Å²) < 4.78 is 45.4. The van der Waals surface area contributed by atoms with Crippen molar-refractivity contribution in [3.8, 4) is 0 Å². The molecule has 1 amide bonds. The number of hydrogen-bond donors (Lipinski definition) is 2. The summed E-state index contributed by atoms with van der Waals surface area (Å²) in [7, 11) is -3.83. The monoisotopic (exact) mass is 438 g/mol. The zero-order valence-corrected chi connectivity index (χ0v) is 15.5. The third kappa shape index (κ3) is 4.30. The van der Waals surface area contributed by atoms with Crippen molar-refractivity contribution in [2.24, 2.45) is 0 Å². The molecule has 0 radical (unpaired) electrons. The lowest BCUT2D eigenvalue weighted by molar-refractivity contribution is 0.0995. The highest BCUT2D eigenvalue weighted by molar-refractivity contribution is 9.10. The molecule has 0 aliphatic carbocycles. The number of hydrogen-bond acceptors (Lipinski definition) is 4. The Morgan fingerprint density at radius 2 is 1.54 bits per heavy atom. The Bertz CT molecular complexity index is 1030. The van der Waals surface area contributed by atoms with Crippen molar-refractivity contribution in [1.29, 1.82) is 0 Å². The van der Waals surface area contributed by atoms with Gasteiger partial charge < -0.3 is 9.73 Å². The molecule has 1 aromatic heterocycles. The van der Waals surface area contributed by atoms with Crippen LogP contribution in [-0.2, 0) is 10.0 Å². The molecule has 26 heavy (non-hydrogen) atoms. The van der Waals surface area contributed by atoms with Crippen LogP contribution in [0.1, 0.15) is 10.6 Å². The summed E-state index contributed by atoms with van der Waals surface area (Å²) in [5.74, 6) is -0.819. The van der Waals surface area contributed by atoms with Crippen molar-refractivity contribution in [1.82, 2.24) is 0 Å². The predicted molar refractivity (Wildman–Crippen MR) is 98.0 cm³/mol. The average Bonchev–Trinajstić information content (AvgIpc) is 3.03. The third-order valence-corrected chi connectivity index (χ3v) is 5.14. The summed E-state index contributed by atoms with van der Waals surface area (Å²) in [6, 6.07) is 13.7. The van der Waals surface area contributed by atoms with Gasteiger partial charge in [-0.05, 0) is 76.6 Å². The number of carbonyl (C=O) groups is 1. The van der Waals surface area contributed by atoms with Crippen LogP contribution >= 0.6 is 15.9 Å². The zero-order valence-electron chi connectivity index (χ0n) is 13.1. The predicted octanol–water partition coefficient (Wildman–Crippen LogP) is 4.23. The Hall–Kier alpha value is -2.65. The van der Waals surface area contributed by atoms with Gasteiger partial charge in [0.2, 0.25) is 0 Å². The van der Waals surface area contributed by atoms with Gasteiger partial charge in [-0.1, -0.05) is 0 Å². The van der Waals surface area contributed by atoms with Crippen LogP contribution in [0.4, 0.5) is 15.8 Å². The molecule has 3 aromatic rings. The van der Waals surface area contributed by atoms with Crippen molar-refractivity contribution in [2.75, 3.05) is 10.0 Å². The first kappa shape index (κ1) is 18.2. The minimum atomic E-state index is -3.83. The molecule has 2 aromatic carbocycles. The number of anilines is 2. The van der Waals surface area contributed by atoms with E-state index in [-0.39, 0.29) is 10.7 Å². The number of nitrogens with one attached hydrogen (secondary N) is 2. The van der Waals surface area contributed by atoms with Gasteiger partial charge in [0.1, 0.15) is 5.82 Å². The molecule has 9 heteroatoms. The summed E-state index contributed by atoms with van der Waals surface area (Å²) >= 11 is 3.11. The highest BCUT2D eigenvalue weighted by Crippen LogP contribution is 2.20. The number of amides is 1. The maximum Gasteiger partial charge on any atom is 0.291 e. The summed E-state index contributed by atoms with van der Waals surface area (Å²) in [6.45, 7) is 0. The van der Waals surface area contributed by atoms with E-state index in [4.69, 9.17) is 4.42 Å². The van der Waals surface area contributed by atoms with Crippen LogP contribution in [0.3, 0.4) is 0 Å². The van der Waals surface area contributed by atoms with Crippen molar-refractivity contribution >= 4 is 43.2 Å². The van der Waals surface area contributed by atoms with Crippen LogP contribution < -0.4 is 10.0 Å². The Morgan fingerprint density at radius 1 is 0.923 bits per heavy atom. The number of benzene rings is 2. The van der Waals surface area contributed by atoms with Gasteiger partial charge in [-0.15, -0.1) is 0 Å². The normalized spacial score (nSPS) is 11.2. The maximum absolute atomic E-state index is 12.9. The Morgan fingerprint density at radius 3 is 2.12 bits per heavy atom. The highest BCUT2D eigenvalue weighted by Gasteiger charge is 2.15. The molecule has 0 aliphatic rings. The van der Waals surface area contributed by atoms with Gasteiger partial charge in [0.15, 0.2) is 10.4 Å². The summed E-state index contributed by atoms with van der Waals surface area (Å²) in [4.78, 5) is 11.9. The number of sulfonamides is 1. The van der Waals surface area contributed by atoms with Crippen LogP contribution in [0.25, 0.3) is 0 Å². The molecule has 1 heterocycles. The lowest BCUT2D eigenvalue weighted by Crippen LogP contribution is -2.13. The van der Waals surface area contributed by atoms with Gasteiger partial charge in [0, 0.05) is 11.4 Å². The van der Waals surface area contributed by atoms with Crippen molar-refractivity contribution in [3.63, 3.8) is 0 Å². The summed E-state index contributed by atoms with van der Waals surface area (Å²) in [6.07, 6.45) is 0. The van der Waals surface area contributed by atoms with Crippen LogP contribution in [0.5, 0.6) is 0 Å². The Balaban J connectivity index is 1.69. The molecule has 0 saturated heterocycles. The first-order valence-electron chi connectivity index (χ1n) is 7.29. The van der Waals surface area contributed by atoms with Crippen molar-refractivity contribution < 1.29 is 22.0 Å². The largest absolute Gasteiger partial charge is 0.444 e. The SMILES string of the molecule is O=C(Nc1ccc(NS(=O)(=O)c2ccc(F)cc2)cc1)c1ccc(Br)o1. The van der Waals surface area contributed by atoms with Gasteiger partial charge in [-0.2, -0.15) is 0 Å². The average molecular weight is 439 g/mol. The molecule has 0 spiro atoms. The van der Waals surface area contributed by atoms with Crippen LogP contribution in [-0.4, -0.2) is 14.3 Å². The van der Waals surface area contributed by atoms with E-state index >= 15 is 0 Å². The van der Waals surface area contributed by atoms with Gasteiger partial charge in [-0.3, -0.25) is 9.52 Å². The van der Waals surface area contributed by atoms with E-state index in [1.807, 2.05) is 0 Å². The molecule has 134 valence electrons. The van der Waals surface area contributed by atoms with Gasteiger partial charge in [-0.25, -0.2) is 12.8 Å². The highest BCUT2D eigenvalue weighted by atomic mass is 79.9. The molecule has 2 N–H and O–H groups in total. The van der Waals surface area contributed by atoms with Crippen LogP contribution in [0.15, 0.2) is 74.6 Å². The first-order valence-corrected chi connectivity index (χ1v) is 9.56. The summed E-state index contributed by atoms with van der Waals surface area (Å²) in [5, 5.41) is 2.63. The van der Waals surface area contributed by atoms with Gasteiger partial charge in [0.05, 0.1) is 4.90 Å². The molecule has 6 nitrogen and oxygen atoms in total. The lowest BCUT2D eigenvalue weighted by atomic mass is 10.3. The van der Waals surface area contributed by atoms with E-state index in [1.165, 1.54) is 30.3 Å². The second kappa shape index (κ2) is 7.30. The van der Waals surface area contributed by atoms with E-state index in [0.29, 0.717) is 16.0 Å². The van der Waals surface area contributed by atoms with Crippen molar-refractivity contribution in [2.45, 2.75) is 4.90 Å². The molecule has 0 aliphatic heterocycles. The van der Waals surface area contributed by atoms with Crippen molar-refractivity contribution in [3.05, 3.63) is 76.9 Å². The smallest absolute Gasteiger partial charge is 0.291 e. The fourth-order valence-electron chi connectivity index (χ4n) is 2.08. The molecule has 0 saturated carbocycles. The number of carbonyl (C=O) groups excluding carboxylic acids is 1. The topological polar surface area (TPSA) is 88.4 Å². The molecule has 0 bridgehead atoms. The number of furan rings is 1. The van der Waals surface area contributed by atoms with Gasteiger partial charge in [0.25, 0.3) is 15.9 Å². The zero-order chi connectivity index (χ0) is 18.7. The molecular weight excluding hydrogens is 427 g/mol. The summed E-state index contributed by atoms with van der Waals surface area (Å²) in [5.41, 5.74) is 0.764. The Labute approximate surface area is 157 Å². The van der Waals surface area contributed by atoms with Crippen LogP contribution in [0.2, 0.25) is 0 Å². The van der Waals surface area contributed by atoms with Crippen LogP contribution in [0, 0.1) is 5.82 Å². The first-order chi connectivity index (χ1) is 12.3. The number of halogens is 2. The van der Waals surface area contributed by atoms with E-state index < -0.39 is 21.7 Å². The maximum atomic E-state index is 12.9. The van der Waals surface area contributed by atoms with E-state index in [9.17, 15) is 17.6 Å². The molecule has 3 rings (SSSR count). The third-order valence-electron chi connectivity index (χ3n) is 3.32. The molecule has 0 atom stereocenters. The standard InChI is InChI=1S/C17H12BrFN2O4S/c18-16-10-9-15(25-16)17(22)20-12-3-5-13(6-4-12)21-26(23,24)14-7-1-11(19)2-8-14/h1-10,21H,(H,20,22). The van der Waals surface area contributed by atoms with E-state index in [0.717, 1.165) is 12.1 Å². The molecular formula is C17H12BrFN2O4S. The fraction of sp³-hybridized carbons (Fsp3) is 0. The fourth-order valence-corrected chi connectivity index (χ4v) is 3.44. The second-order valence-corrected chi connectivity index (χ2v) is 7.66. The van der Waals surface area contributed by atoms with E-state index in [1.54, 1.807) is 18.2 Å². The second-order valence-electron chi connectivity index (χ2n) is 5.19. The van der Waals surface area contributed by atoms with E-state index in [2.05, 4.69) is 26.0 Å². The lowest BCUT2D eigenvalue weighted by Gasteiger charge is -2.09. The minimum Gasteiger partial charge on any atom is -0.444 e. The quantitative estimate of drug-likeness (QED) is 0.623. The van der Waals surface area contributed by atoms with Gasteiger partial charge >= 0.3 is 0 Å². The minimum absolute atomic E-state index is 0.0559.